The third kappa shape index (κ3) is 4.79. The molecule has 1 atom stereocenters. The Morgan fingerprint density at radius 2 is 2.17 bits per heavy atom. The highest BCUT2D eigenvalue weighted by Crippen LogP contribution is 2.27. The number of anilines is 1. The molecule has 0 fully saturated rings. The fourth-order valence-corrected chi connectivity index (χ4v) is 2.38. The van der Waals surface area contributed by atoms with Gasteiger partial charge in [-0.1, -0.05) is 23.8 Å². The zero-order valence-corrected chi connectivity index (χ0v) is 12.9. The minimum atomic E-state index is -0.644. The topological polar surface area (TPSA) is 98.5 Å². The summed E-state index contributed by atoms with van der Waals surface area (Å²) in [5.74, 6) is -1.20. The second kappa shape index (κ2) is 7.73. The minimum absolute atomic E-state index is 0.0234. The Bertz CT molecular complexity index is 659. The van der Waals surface area contributed by atoms with E-state index in [0.717, 1.165) is 12.5 Å². The van der Waals surface area contributed by atoms with Crippen molar-refractivity contribution in [2.45, 2.75) is 19.3 Å². The zero-order valence-electron chi connectivity index (χ0n) is 12.2. The van der Waals surface area contributed by atoms with Crippen LogP contribution in [0.4, 0.5) is 11.4 Å². The summed E-state index contributed by atoms with van der Waals surface area (Å²) >= 11 is 5.69. The number of nitrogens with one attached hydrogen (secondary N) is 1. The highest BCUT2D eigenvalue weighted by atomic mass is 35.5. The molecule has 0 aliphatic heterocycles. The number of esters is 1. The van der Waals surface area contributed by atoms with Crippen molar-refractivity contribution in [1.29, 1.82) is 0 Å². The van der Waals surface area contributed by atoms with Gasteiger partial charge in [0.25, 0.3) is 11.6 Å². The van der Waals surface area contributed by atoms with Gasteiger partial charge in [0, 0.05) is 11.8 Å². The quantitative estimate of drug-likeness (QED) is 0.385. The van der Waals surface area contributed by atoms with E-state index in [1.165, 1.54) is 12.1 Å². The molecule has 2 rings (SSSR count). The lowest BCUT2D eigenvalue weighted by molar-refractivity contribution is -0.384. The van der Waals surface area contributed by atoms with Crippen LogP contribution in [0.5, 0.6) is 0 Å². The lowest BCUT2D eigenvalue weighted by Crippen LogP contribution is -2.25. The molecule has 1 aromatic rings. The molecule has 122 valence electrons. The van der Waals surface area contributed by atoms with Gasteiger partial charge in [0.15, 0.2) is 6.61 Å². The molecule has 1 aliphatic rings. The number of nitrogens with zero attached hydrogens (tertiary/aromatic N) is 1. The fraction of sp³-hybridized carbons (Fsp3) is 0.333. The molecule has 8 heteroatoms. The third-order valence-electron chi connectivity index (χ3n) is 3.37. The van der Waals surface area contributed by atoms with Gasteiger partial charge in [-0.05, 0) is 31.4 Å². The summed E-state index contributed by atoms with van der Waals surface area (Å²) in [7, 11) is 0. The molecule has 0 bridgehead atoms. The van der Waals surface area contributed by atoms with Crippen molar-refractivity contribution in [2.24, 2.45) is 5.92 Å². The lowest BCUT2D eigenvalue weighted by atomic mass is 9.95. The van der Waals surface area contributed by atoms with E-state index in [9.17, 15) is 19.7 Å². The van der Waals surface area contributed by atoms with E-state index >= 15 is 0 Å². The van der Waals surface area contributed by atoms with Crippen LogP contribution in [0.2, 0.25) is 5.02 Å². The first kappa shape index (κ1) is 17.0. The lowest BCUT2D eigenvalue weighted by Gasteiger charge is -2.16. The SMILES string of the molecule is O=C(COC(=O)[C@@H]1CC=CCC1)Nc1ccc(Cl)c([N+](=O)[O-])c1. The van der Waals surface area contributed by atoms with Gasteiger partial charge in [-0.15, -0.1) is 0 Å². The van der Waals surface area contributed by atoms with E-state index in [-0.39, 0.29) is 22.3 Å². The van der Waals surface area contributed by atoms with Crippen LogP contribution in [0.25, 0.3) is 0 Å². The molecular formula is C15H15ClN2O5. The monoisotopic (exact) mass is 338 g/mol. The summed E-state index contributed by atoms with van der Waals surface area (Å²) in [5.41, 5.74) is -0.0989. The van der Waals surface area contributed by atoms with Crippen molar-refractivity contribution in [2.75, 3.05) is 11.9 Å². The van der Waals surface area contributed by atoms with Crippen molar-refractivity contribution in [3.05, 3.63) is 45.5 Å². The molecule has 1 aromatic carbocycles. The number of nitro benzene ring substituents is 1. The van der Waals surface area contributed by atoms with Gasteiger partial charge in [-0.3, -0.25) is 19.7 Å². The molecule has 0 unspecified atom stereocenters. The number of hydrogen-bond acceptors (Lipinski definition) is 5. The number of halogens is 1. The minimum Gasteiger partial charge on any atom is -0.455 e. The third-order valence-corrected chi connectivity index (χ3v) is 3.69. The first-order valence-electron chi connectivity index (χ1n) is 7.03. The van der Waals surface area contributed by atoms with Crippen molar-refractivity contribution < 1.29 is 19.2 Å². The van der Waals surface area contributed by atoms with Gasteiger partial charge in [-0.25, -0.2) is 0 Å². The average molecular weight is 339 g/mol. The van der Waals surface area contributed by atoms with E-state index in [0.29, 0.717) is 12.8 Å². The molecule has 23 heavy (non-hydrogen) atoms. The molecule has 1 amide bonds. The standard InChI is InChI=1S/C15H15ClN2O5/c16-12-7-6-11(8-13(12)18(21)22)17-14(19)9-23-15(20)10-4-2-1-3-5-10/h1-2,6-8,10H,3-5,9H2,(H,17,19)/t10-/m1/s1. The second-order valence-corrected chi connectivity index (χ2v) is 5.47. The first-order valence-corrected chi connectivity index (χ1v) is 7.40. The molecule has 0 aromatic heterocycles. The Labute approximate surface area is 137 Å². The van der Waals surface area contributed by atoms with Gasteiger partial charge in [-0.2, -0.15) is 0 Å². The number of benzene rings is 1. The van der Waals surface area contributed by atoms with Crippen LogP contribution < -0.4 is 5.32 Å². The average Bonchev–Trinajstić information content (AvgIpc) is 2.55. The van der Waals surface area contributed by atoms with E-state index in [1.807, 2.05) is 12.2 Å². The van der Waals surface area contributed by atoms with Crippen molar-refractivity contribution >= 4 is 34.9 Å². The van der Waals surface area contributed by atoms with Gasteiger partial charge >= 0.3 is 5.97 Å². The maximum absolute atomic E-state index is 11.8. The number of nitro groups is 1. The van der Waals surface area contributed by atoms with E-state index in [1.54, 1.807) is 0 Å². The smallest absolute Gasteiger partial charge is 0.309 e. The maximum Gasteiger partial charge on any atom is 0.309 e. The van der Waals surface area contributed by atoms with Crippen LogP contribution in [0, 0.1) is 16.0 Å². The maximum atomic E-state index is 11.8. The number of carbonyl (C=O) groups excluding carboxylic acids is 2. The van der Waals surface area contributed by atoms with Crippen LogP contribution in [-0.2, 0) is 14.3 Å². The van der Waals surface area contributed by atoms with Crippen LogP contribution >= 0.6 is 11.6 Å². The number of allylic oxidation sites excluding steroid dienone is 2. The van der Waals surface area contributed by atoms with E-state index < -0.39 is 23.4 Å². The Balaban J connectivity index is 1.87. The van der Waals surface area contributed by atoms with Gasteiger partial charge < -0.3 is 10.1 Å². The number of carbonyl (C=O) groups is 2. The summed E-state index contributed by atoms with van der Waals surface area (Å²) < 4.78 is 4.97. The number of amides is 1. The molecule has 0 spiro atoms. The molecule has 7 nitrogen and oxygen atoms in total. The van der Waals surface area contributed by atoms with E-state index in [4.69, 9.17) is 16.3 Å². The largest absolute Gasteiger partial charge is 0.455 e. The molecule has 1 N–H and O–H groups in total. The summed E-state index contributed by atoms with van der Waals surface area (Å²) in [5, 5.41) is 13.2. The second-order valence-electron chi connectivity index (χ2n) is 5.06. The number of rotatable bonds is 5. The first-order chi connectivity index (χ1) is 11.0. The summed E-state index contributed by atoms with van der Waals surface area (Å²) in [4.78, 5) is 33.7. The van der Waals surface area contributed by atoms with Gasteiger partial charge in [0.1, 0.15) is 5.02 Å². The Kier molecular flexibility index (Phi) is 5.70. The molecule has 0 saturated carbocycles. The summed E-state index contributed by atoms with van der Waals surface area (Å²) in [6.07, 6.45) is 6.07. The fourth-order valence-electron chi connectivity index (χ4n) is 2.19. The zero-order chi connectivity index (χ0) is 16.8. The van der Waals surface area contributed by atoms with E-state index in [2.05, 4.69) is 5.32 Å². The number of hydrogen-bond donors (Lipinski definition) is 1. The predicted octanol–water partition coefficient (Wildman–Crippen LogP) is 3.09. The predicted molar refractivity (Wildman–Crippen MR) is 84.2 cm³/mol. The Morgan fingerprint density at radius 3 is 2.83 bits per heavy atom. The van der Waals surface area contributed by atoms with Gasteiger partial charge in [0.2, 0.25) is 0 Å². The van der Waals surface area contributed by atoms with Gasteiger partial charge in [0.05, 0.1) is 10.8 Å². The van der Waals surface area contributed by atoms with Crippen LogP contribution in [0.1, 0.15) is 19.3 Å². The van der Waals surface area contributed by atoms with Crippen molar-refractivity contribution in [3.8, 4) is 0 Å². The highest BCUT2D eigenvalue weighted by Gasteiger charge is 2.21. The normalized spacial score (nSPS) is 16.7. The Morgan fingerprint density at radius 1 is 1.39 bits per heavy atom. The molecule has 1 aliphatic carbocycles. The number of ether oxygens (including phenoxy) is 1. The van der Waals surface area contributed by atoms with Crippen LogP contribution in [0.15, 0.2) is 30.4 Å². The Hall–Kier alpha value is -2.41. The highest BCUT2D eigenvalue weighted by molar-refractivity contribution is 6.32. The summed E-state index contributed by atoms with van der Waals surface area (Å²) in [6, 6.07) is 3.89. The molecular weight excluding hydrogens is 324 g/mol. The molecule has 0 heterocycles. The van der Waals surface area contributed by atoms with Crippen LogP contribution in [-0.4, -0.2) is 23.4 Å². The van der Waals surface area contributed by atoms with Crippen LogP contribution in [0.3, 0.4) is 0 Å². The molecule has 0 saturated heterocycles. The van der Waals surface area contributed by atoms with Crippen molar-refractivity contribution in [1.82, 2.24) is 0 Å². The van der Waals surface area contributed by atoms with Crippen molar-refractivity contribution in [3.63, 3.8) is 0 Å². The molecule has 0 radical (unpaired) electrons. The summed E-state index contributed by atoms with van der Waals surface area (Å²) in [6.45, 7) is -0.435.